The summed E-state index contributed by atoms with van der Waals surface area (Å²) in [6.07, 6.45) is 1.81. The highest BCUT2D eigenvalue weighted by Crippen LogP contribution is 2.48. The van der Waals surface area contributed by atoms with E-state index in [0.29, 0.717) is 24.1 Å². The number of ketones is 1. The SMILES string of the molecule is C=C1NC2=C(C(=O)CC(C)(C)C2)C(c2ccc(OC)cc2)C1C(=O)OCCc1ccccc1. The van der Waals surface area contributed by atoms with Crippen LogP contribution in [0.5, 0.6) is 5.75 Å². The maximum atomic E-state index is 13.3. The molecule has 2 aliphatic rings. The minimum atomic E-state index is -0.682. The lowest BCUT2D eigenvalue weighted by Crippen LogP contribution is -2.43. The molecule has 1 N–H and O–H groups in total. The highest BCUT2D eigenvalue weighted by molar-refractivity contribution is 6.00. The molecule has 0 radical (unpaired) electrons. The number of allylic oxidation sites excluding steroid dienone is 2. The molecule has 4 rings (SSSR count). The predicted molar refractivity (Wildman–Crippen MR) is 128 cm³/mol. The van der Waals surface area contributed by atoms with Crippen molar-refractivity contribution in [2.45, 2.75) is 39.0 Å². The Morgan fingerprint density at radius 3 is 2.45 bits per heavy atom. The molecule has 5 heteroatoms. The molecule has 2 aromatic rings. The summed E-state index contributed by atoms with van der Waals surface area (Å²) in [6.45, 7) is 8.62. The number of rotatable bonds is 6. The van der Waals surface area contributed by atoms with Gasteiger partial charge in [0.1, 0.15) is 11.7 Å². The molecular formula is C28H31NO4. The number of hydrogen-bond donors (Lipinski definition) is 1. The molecule has 0 fully saturated rings. The Hall–Kier alpha value is -3.34. The summed E-state index contributed by atoms with van der Waals surface area (Å²) in [5.74, 6) is -0.693. The number of esters is 1. The van der Waals surface area contributed by atoms with Crippen LogP contribution in [-0.4, -0.2) is 25.5 Å². The monoisotopic (exact) mass is 445 g/mol. The number of benzene rings is 2. The Morgan fingerprint density at radius 1 is 1.09 bits per heavy atom. The van der Waals surface area contributed by atoms with Gasteiger partial charge in [-0.15, -0.1) is 0 Å². The molecule has 0 saturated heterocycles. The second-order valence-electron chi connectivity index (χ2n) is 9.62. The Kier molecular flexibility index (Phi) is 6.41. The molecule has 33 heavy (non-hydrogen) atoms. The Morgan fingerprint density at radius 2 is 1.79 bits per heavy atom. The summed E-state index contributed by atoms with van der Waals surface area (Å²) in [5.41, 5.74) is 3.96. The van der Waals surface area contributed by atoms with Gasteiger partial charge in [-0.1, -0.05) is 62.9 Å². The van der Waals surface area contributed by atoms with Crippen LogP contribution in [0.15, 0.2) is 78.1 Å². The number of Topliss-reactive ketones (excluding diaryl/α,β-unsaturated/α-hetero) is 1. The van der Waals surface area contributed by atoms with Gasteiger partial charge >= 0.3 is 5.97 Å². The lowest BCUT2D eigenvalue weighted by molar-refractivity contribution is -0.147. The largest absolute Gasteiger partial charge is 0.497 e. The highest BCUT2D eigenvalue weighted by atomic mass is 16.5. The van der Waals surface area contributed by atoms with Crippen LogP contribution in [-0.2, 0) is 20.7 Å². The molecule has 1 heterocycles. The van der Waals surface area contributed by atoms with Crippen LogP contribution in [0.2, 0.25) is 0 Å². The Balaban J connectivity index is 1.65. The zero-order valence-electron chi connectivity index (χ0n) is 19.5. The fourth-order valence-electron chi connectivity index (χ4n) is 4.90. The summed E-state index contributed by atoms with van der Waals surface area (Å²) in [6, 6.07) is 17.5. The summed E-state index contributed by atoms with van der Waals surface area (Å²) < 4.78 is 11.0. The smallest absolute Gasteiger partial charge is 0.315 e. The predicted octanol–water partition coefficient (Wildman–Crippen LogP) is 4.94. The van der Waals surface area contributed by atoms with Crippen LogP contribution < -0.4 is 10.1 Å². The number of carbonyl (C=O) groups is 2. The van der Waals surface area contributed by atoms with Gasteiger partial charge in [0.2, 0.25) is 0 Å². The van der Waals surface area contributed by atoms with E-state index < -0.39 is 11.8 Å². The van der Waals surface area contributed by atoms with Crippen molar-refractivity contribution in [3.05, 3.63) is 89.3 Å². The number of ether oxygens (including phenoxy) is 2. The molecule has 2 atom stereocenters. The molecular weight excluding hydrogens is 414 g/mol. The molecule has 0 amide bonds. The molecule has 1 aliphatic heterocycles. The van der Waals surface area contributed by atoms with Gasteiger partial charge in [0, 0.05) is 35.7 Å². The molecule has 2 unspecified atom stereocenters. The third-order valence-electron chi connectivity index (χ3n) is 6.46. The molecule has 0 saturated carbocycles. The van der Waals surface area contributed by atoms with Gasteiger partial charge in [-0.25, -0.2) is 0 Å². The van der Waals surface area contributed by atoms with Crippen LogP contribution in [0.25, 0.3) is 0 Å². The van der Waals surface area contributed by atoms with Crippen molar-refractivity contribution in [2.75, 3.05) is 13.7 Å². The van der Waals surface area contributed by atoms with Gasteiger partial charge in [-0.05, 0) is 35.1 Å². The Bertz CT molecular complexity index is 1080. The average molecular weight is 446 g/mol. The summed E-state index contributed by atoms with van der Waals surface area (Å²) >= 11 is 0. The second kappa shape index (κ2) is 9.26. The quantitative estimate of drug-likeness (QED) is 0.638. The summed E-state index contributed by atoms with van der Waals surface area (Å²) in [7, 11) is 1.61. The van der Waals surface area contributed by atoms with E-state index in [2.05, 4.69) is 25.7 Å². The van der Waals surface area contributed by atoms with Crippen LogP contribution in [0.4, 0.5) is 0 Å². The Labute approximate surface area is 195 Å². The van der Waals surface area contributed by atoms with E-state index in [4.69, 9.17) is 9.47 Å². The summed E-state index contributed by atoms with van der Waals surface area (Å²) in [5, 5.41) is 3.30. The van der Waals surface area contributed by atoms with Gasteiger partial charge in [0.05, 0.1) is 13.7 Å². The first-order valence-electron chi connectivity index (χ1n) is 11.4. The molecule has 1 aliphatic carbocycles. The normalized spacial score (nSPS) is 21.8. The number of nitrogens with one attached hydrogen (secondary N) is 1. The van der Waals surface area contributed by atoms with E-state index >= 15 is 0 Å². The van der Waals surface area contributed by atoms with Crippen molar-refractivity contribution in [1.29, 1.82) is 0 Å². The van der Waals surface area contributed by atoms with Gasteiger partial charge in [0.15, 0.2) is 5.78 Å². The van der Waals surface area contributed by atoms with Crippen molar-refractivity contribution in [1.82, 2.24) is 5.32 Å². The van der Waals surface area contributed by atoms with Gasteiger partial charge < -0.3 is 14.8 Å². The van der Waals surface area contributed by atoms with Crippen molar-refractivity contribution in [3.63, 3.8) is 0 Å². The third-order valence-corrected chi connectivity index (χ3v) is 6.46. The third kappa shape index (κ3) is 4.87. The van der Waals surface area contributed by atoms with Crippen molar-refractivity contribution in [3.8, 4) is 5.75 Å². The van der Waals surface area contributed by atoms with Gasteiger partial charge in [-0.3, -0.25) is 9.59 Å². The van der Waals surface area contributed by atoms with E-state index in [1.807, 2.05) is 54.6 Å². The maximum absolute atomic E-state index is 13.3. The standard InChI is InChI=1S/C28H31NO4/c1-18-24(27(31)33-15-14-19-8-6-5-7-9-19)25(20-10-12-21(32-4)13-11-20)26-22(29-18)16-28(2,3)17-23(26)30/h5-13,24-25,29H,1,14-17H2,2-4H3. The van der Waals surface area contributed by atoms with Gasteiger partial charge in [-0.2, -0.15) is 0 Å². The van der Waals surface area contributed by atoms with Crippen LogP contribution in [0.3, 0.4) is 0 Å². The van der Waals surface area contributed by atoms with Crippen molar-refractivity contribution >= 4 is 11.8 Å². The fraction of sp³-hybridized carbons (Fsp3) is 0.357. The number of carbonyl (C=O) groups excluding carboxylic acids is 2. The molecule has 2 aromatic carbocycles. The van der Waals surface area contributed by atoms with Crippen molar-refractivity contribution in [2.24, 2.45) is 11.3 Å². The highest BCUT2D eigenvalue weighted by Gasteiger charge is 2.46. The molecule has 0 bridgehead atoms. The first-order chi connectivity index (χ1) is 15.8. The topological polar surface area (TPSA) is 64.6 Å². The number of methoxy groups -OCH3 is 1. The van der Waals surface area contributed by atoms with E-state index in [9.17, 15) is 9.59 Å². The molecule has 0 spiro atoms. The van der Waals surface area contributed by atoms with E-state index in [1.54, 1.807) is 7.11 Å². The van der Waals surface area contributed by atoms with Crippen LogP contribution in [0, 0.1) is 11.3 Å². The first-order valence-corrected chi connectivity index (χ1v) is 11.4. The number of hydrogen-bond acceptors (Lipinski definition) is 5. The zero-order chi connectivity index (χ0) is 23.6. The van der Waals surface area contributed by atoms with Gasteiger partial charge in [0.25, 0.3) is 0 Å². The first kappa shape index (κ1) is 22.8. The lowest BCUT2D eigenvalue weighted by atomic mass is 9.66. The fourth-order valence-corrected chi connectivity index (χ4v) is 4.90. The molecule has 5 nitrogen and oxygen atoms in total. The molecule has 0 aromatic heterocycles. The van der Waals surface area contributed by atoms with Crippen LogP contribution >= 0.6 is 0 Å². The summed E-state index contributed by atoms with van der Waals surface area (Å²) in [4.78, 5) is 26.7. The average Bonchev–Trinajstić information content (AvgIpc) is 2.78. The maximum Gasteiger partial charge on any atom is 0.315 e. The second-order valence-corrected chi connectivity index (χ2v) is 9.62. The lowest BCUT2D eigenvalue weighted by Gasteiger charge is -2.42. The minimum Gasteiger partial charge on any atom is -0.497 e. The van der Waals surface area contributed by atoms with Crippen LogP contribution in [0.1, 0.15) is 43.7 Å². The van der Waals surface area contributed by atoms with Crippen molar-refractivity contribution < 1.29 is 19.1 Å². The van der Waals surface area contributed by atoms with E-state index in [1.165, 1.54) is 0 Å². The molecule has 172 valence electrons. The minimum absolute atomic E-state index is 0.0733. The van der Waals surface area contributed by atoms with E-state index in [0.717, 1.165) is 29.0 Å². The zero-order valence-corrected chi connectivity index (χ0v) is 19.5. The van der Waals surface area contributed by atoms with E-state index in [-0.39, 0.29) is 23.8 Å².